The Hall–Kier alpha value is -1.77. The van der Waals surface area contributed by atoms with Crippen molar-refractivity contribution in [2.45, 2.75) is 18.9 Å². The summed E-state index contributed by atoms with van der Waals surface area (Å²) in [4.78, 5) is 15.0. The number of hydrogen-bond acceptors (Lipinski definition) is 7. The summed E-state index contributed by atoms with van der Waals surface area (Å²) in [6, 6.07) is 3.52. The second kappa shape index (κ2) is 8.28. The van der Waals surface area contributed by atoms with Crippen molar-refractivity contribution in [2.24, 2.45) is 0 Å². The summed E-state index contributed by atoms with van der Waals surface area (Å²) in [7, 11) is 4.70. The van der Waals surface area contributed by atoms with Crippen LogP contribution in [0.3, 0.4) is 0 Å². The molecule has 0 spiro atoms. The second-order valence-electron chi connectivity index (χ2n) is 5.88. The molecule has 1 atom stereocenters. The van der Waals surface area contributed by atoms with Crippen molar-refractivity contribution in [3.63, 3.8) is 0 Å². The summed E-state index contributed by atoms with van der Waals surface area (Å²) >= 11 is 6.68. The Morgan fingerprint density at radius 2 is 1.92 bits per heavy atom. The van der Waals surface area contributed by atoms with E-state index in [1.54, 1.807) is 44.4 Å². The SMILES string of the molecule is COc1cc(OC)c(OC)cc1/C=C1\SC(=S)N(C[C@@H]2CCCO2)C1=O. The van der Waals surface area contributed by atoms with Gasteiger partial charge in [0, 0.05) is 18.2 Å². The van der Waals surface area contributed by atoms with E-state index in [1.807, 2.05) is 0 Å². The maximum atomic E-state index is 12.8. The lowest BCUT2D eigenvalue weighted by Gasteiger charge is -2.18. The van der Waals surface area contributed by atoms with Crippen molar-refractivity contribution >= 4 is 40.3 Å². The number of nitrogens with zero attached hydrogens (tertiary/aromatic N) is 1. The normalized spacial score (nSPS) is 21.6. The van der Waals surface area contributed by atoms with Crippen LogP contribution in [0.25, 0.3) is 6.08 Å². The van der Waals surface area contributed by atoms with Crippen LogP contribution >= 0.6 is 24.0 Å². The standard InChI is InChI=1S/C18H21NO5S2/c1-21-13-9-15(23-3)14(22-2)7-11(13)8-16-17(20)19(18(25)26-16)10-12-5-4-6-24-12/h7-9,12H,4-6,10H2,1-3H3/b16-8-/t12-/m0/s1. The molecule has 0 bridgehead atoms. The van der Waals surface area contributed by atoms with Crippen molar-refractivity contribution in [1.82, 2.24) is 4.90 Å². The van der Waals surface area contributed by atoms with Crippen LogP contribution in [-0.2, 0) is 9.53 Å². The van der Waals surface area contributed by atoms with Gasteiger partial charge in [-0.05, 0) is 25.0 Å². The number of rotatable bonds is 6. The van der Waals surface area contributed by atoms with Crippen molar-refractivity contribution in [3.8, 4) is 17.2 Å². The van der Waals surface area contributed by atoms with Crippen LogP contribution in [-0.4, -0.2) is 55.7 Å². The van der Waals surface area contributed by atoms with Gasteiger partial charge in [-0.25, -0.2) is 0 Å². The molecule has 8 heteroatoms. The van der Waals surface area contributed by atoms with Crippen LogP contribution < -0.4 is 14.2 Å². The molecule has 2 saturated heterocycles. The smallest absolute Gasteiger partial charge is 0.266 e. The van der Waals surface area contributed by atoms with E-state index >= 15 is 0 Å². The van der Waals surface area contributed by atoms with E-state index < -0.39 is 0 Å². The Labute approximate surface area is 162 Å². The fraction of sp³-hybridized carbons (Fsp3) is 0.444. The summed E-state index contributed by atoms with van der Waals surface area (Å²) in [5.41, 5.74) is 0.725. The van der Waals surface area contributed by atoms with Gasteiger partial charge in [-0.1, -0.05) is 24.0 Å². The van der Waals surface area contributed by atoms with E-state index in [0.717, 1.165) is 25.0 Å². The van der Waals surface area contributed by atoms with Gasteiger partial charge < -0.3 is 18.9 Å². The lowest BCUT2D eigenvalue weighted by atomic mass is 10.1. The Morgan fingerprint density at radius 1 is 1.23 bits per heavy atom. The molecular weight excluding hydrogens is 374 g/mol. The largest absolute Gasteiger partial charge is 0.496 e. The van der Waals surface area contributed by atoms with Crippen molar-refractivity contribution < 1.29 is 23.7 Å². The number of amides is 1. The van der Waals surface area contributed by atoms with Crippen LogP contribution in [0.15, 0.2) is 17.0 Å². The number of hydrogen-bond donors (Lipinski definition) is 0. The van der Waals surface area contributed by atoms with Gasteiger partial charge >= 0.3 is 0 Å². The number of thioether (sulfide) groups is 1. The zero-order valence-electron chi connectivity index (χ0n) is 14.9. The fourth-order valence-corrected chi connectivity index (χ4v) is 4.22. The van der Waals surface area contributed by atoms with Gasteiger partial charge in [0.2, 0.25) is 0 Å². The average molecular weight is 396 g/mol. The highest BCUT2D eigenvalue weighted by Gasteiger charge is 2.34. The van der Waals surface area contributed by atoms with Crippen molar-refractivity contribution in [2.75, 3.05) is 34.5 Å². The topological polar surface area (TPSA) is 57.2 Å². The summed E-state index contributed by atoms with van der Waals surface area (Å²) in [5.74, 6) is 1.61. The molecule has 1 aromatic rings. The van der Waals surface area contributed by atoms with Crippen LogP contribution in [0.4, 0.5) is 0 Å². The van der Waals surface area contributed by atoms with Gasteiger partial charge in [0.1, 0.15) is 10.1 Å². The van der Waals surface area contributed by atoms with Gasteiger partial charge in [-0.2, -0.15) is 0 Å². The number of ether oxygens (including phenoxy) is 4. The maximum absolute atomic E-state index is 12.8. The summed E-state index contributed by atoms with van der Waals surface area (Å²) < 4.78 is 22.2. The Morgan fingerprint density at radius 3 is 2.54 bits per heavy atom. The predicted molar refractivity (Wildman–Crippen MR) is 105 cm³/mol. The second-order valence-corrected chi connectivity index (χ2v) is 7.55. The van der Waals surface area contributed by atoms with Crippen LogP contribution in [0.5, 0.6) is 17.2 Å². The molecule has 140 valence electrons. The molecule has 6 nitrogen and oxygen atoms in total. The number of methoxy groups -OCH3 is 3. The van der Waals surface area contributed by atoms with Gasteiger partial charge in [0.05, 0.1) is 38.9 Å². The monoisotopic (exact) mass is 395 g/mol. The molecule has 0 unspecified atom stereocenters. The highest BCUT2D eigenvalue weighted by Crippen LogP contribution is 2.39. The van der Waals surface area contributed by atoms with Gasteiger partial charge in [-0.3, -0.25) is 9.69 Å². The number of benzene rings is 1. The molecule has 0 saturated carbocycles. The van der Waals surface area contributed by atoms with Crippen LogP contribution in [0, 0.1) is 0 Å². The van der Waals surface area contributed by atoms with Crippen LogP contribution in [0.2, 0.25) is 0 Å². The van der Waals surface area contributed by atoms with Gasteiger partial charge in [-0.15, -0.1) is 0 Å². The maximum Gasteiger partial charge on any atom is 0.266 e. The Bertz CT molecular complexity index is 743. The molecule has 2 aliphatic heterocycles. The van der Waals surface area contributed by atoms with E-state index in [0.29, 0.717) is 33.0 Å². The first-order chi connectivity index (χ1) is 12.6. The highest BCUT2D eigenvalue weighted by atomic mass is 32.2. The highest BCUT2D eigenvalue weighted by molar-refractivity contribution is 8.26. The third-order valence-electron chi connectivity index (χ3n) is 4.31. The first-order valence-corrected chi connectivity index (χ1v) is 9.46. The Kier molecular flexibility index (Phi) is 6.05. The molecule has 0 radical (unpaired) electrons. The minimum atomic E-state index is -0.104. The van der Waals surface area contributed by atoms with E-state index in [-0.39, 0.29) is 12.0 Å². The quantitative estimate of drug-likeness (QED) is 0.542. The van der Waals surface area contributed by atoms with Gasteiger partial charge in [0.15, 0.2) is 11.5 Å². The zero-order chi connectivity index (χ0) is 18.7. The van der Waals surface area contributed by atoms with E-state index in [9.17, 15) is 4.79 Å². The predicted octanol–water partition coefficient (Wildman–Crippen LogP) is 3.09. The third kappa shape index (κ3) is 3.82. The lowest BCUT2D eigenvalue weighted by Crippen LogP contribution is -2.35. The molecule has 26 heavy (non-hydrogen) atoms. The number of carbonyl (C=O) groups excluding carboxylic acids is 1. The summed E-state index contributed by atoms with van der Waals surface area (Å²) in [6.45, 7) is 1.25. The molecule has 1 aromatic carbocycles. The van der Waals surface area contributed by atoms with Gasteiger partial charge in [0.25, 0.3) is 5.91 Å². The first kappa shape index (κ1) is 19.0. The lowest BCUT2D eigenvalue weighted by molar-refractivity contribution is -0.123. The molecule has 2 heterocycles. The molecule has 2 fully saturated rings. The van der Waals surface area contributed by atoms with Crippen LogP contribution in [0.1, 0.15) is 18.4 Å². The molecule has 0 aliphatic carbocycles. The van der Waals surface area contributed by atoms with E-state index in [4.69, 9.17) is 31.2 Å². The fourth-order valence-electron chi connectivity index (χ4n) is 2.96. The summed E-state index contributed by atoms with van der Waals surface area (Å²) in [6.07, 6.45) is 3.82. The molecule has 0 aromatic heterocycles. The number of thiocarbonyl (C=S) groups is 1. The third-order valence-corrected chi connectivity index (χ3v) is 5.68. The summed E-state index contributed by atoms with van der Waals surface area (Å²) in [5, 5.41) is 0. The zero-order valence-corrected chi connectivity index (χ0v) is 16.6. The minimum absolute atomic E-state index is 0.0625. The van der Waals surface area contributed by atoms with E-state index in [2.05, 4.69) is 0 Å². The first-order valence-electron chi connectivity index (χ1n) is 8.24. The molecule has 3 rings (SSSR count). The van der Waals surface area contributed by atoms with Crippen molar-refractivity contribution in [3.05, 3.63) is 22.6 Å². The molecule has 0 N–H and O–H groups in total. The Balaban J connectivity index is 1.87. The molecule has 1 amide bonds. The van der Waals surface area contributed by atoms with Crippen molar-refractivity contribution in [1.29, 1.82) is 0 Å². The molecule has 2 aliphatic rings. The van der Waals surface area contributed by atoms with E-state index in [1.165, 1.54) is 11.8 Å². The number of carbonyl (C=O) groups is 1. The average Bonchev–Trinajstić information content (AvgIpc) is 3.25. The minimum Gasteiger partial charge on any atom is -0.496 e. The molecular formula is C18H21NO5S2.